The molecule has 2 aliphatic rings. The van der Waals surface area contributed by atoms with Crippen molar-refractivity contribution in [2.24, 2.45) is 10.3 Å². The van der Waals surface area contributed by atoms with E-state index in [1.54, 1.807) is 12.1 Å². The molecule has 0 bridgehead atoms. The number of carbonyl (C=O) groups excluding carboxylic acids is 3. The van der Waals surface area contributed by atoms with E-state index in [-0.39, 0.29) is 6.54 Å². The zero-order valence-corrected chi connectivity index (χ0v) is 17.6. The van der Waals surface area contributed by atoms with Crippen molar-refractivity contribution in [3.63, 3.8) is 0 Å². The number of rotatable bonds is 4. The van der Waals surface area contributed by atoms with E-state index < -0.39 is 29.8 Å². The molecule has 0 unspecified atom stereocenters. The highest BCUT2D eigenvalue weighted by Crippen LogP contribution is 2.35. The van der Waals surface area contributed by atoms with Gasteiger partial charge in [-0.3, -0.25) is 19.4 Å². The molecule has 0 saturated carbocycles. The van der Waals surface area contributed by atoms with Crippen molar-refractivity contribution in [3.05, 3.63) is 57.6 Å². The molecule has 30 heavy (non-hydrogen) atoms. The predicted octanol–water partition coefficient (Wildman–Crippen LogP) is 3.54. The summed E-state index contributed by atoms with van der Waals surface area (Å²) in [6, 6.07) is 8.30. The third-order valence-corrected chi connectivity index (χ3v) is 5.77. The van der Waals surface area contributed by atoms with Gasteiger partial charge in [0.25, 0.3) is 11.8 Å². The van der Waals surface area contributed by atoms with Crippen LogP contribution in [0, 0.1) is 13.8 Å². The number of aryl methyl sites for hydroxylation is 2. The first-order valence-electron chi connectivity index (χ1n) is 9.14. The Balaban J connectivity index is 1.52. The van der Waals surface area contributed by atoms with Crippen molar-refractivity contribution >= 4 is 52.3 Å². The number of fused-ring (bicyclic) bond motifs is 1. The molecule has 0 radical (unpaired) electrons. The summed E-state index contributed by atoms with van der Waals surface area (Å²) in [4.78, 5) is 39.6. The topological polar surface area (TPSA) is 94.4 Å². The third kappa shape index (κ3) is 3.42. The molecular formula is C20H17Cl2N5O3. The fourth-order valence-corrected chi connectivity index (χ4v) is 3.95. The molecule has 2 aromatic rings. The lowest BCUT2D eigenvalue weighted by molar-refractivity contribution is -0.123. The summed E-state index contributed by atoms with van der Waals surface area (Å²) >= 11 is 11.8. The lowest BCUT2D eigenvalue weighted by Gasteiger charge is -2.22. The van der Waals surface area contributed by atoms with Gasteiger partial charge >= 0.3 is 0 Å². The van der Waals surface area contributed by atoms with Crippen molar-refractivity contribution in [2.45, 2.75) is 25.9 Å². The highest BCUT2D eigenvalue weighted by Gasteiger charge is 2.55. The molecule has 4 rings (SSSR count). The molecule has 3 amide bonds. The van der Waals surface area contributed by atoms with Gasteiger partial charge in [0.05, 0.1) is 15.7 Å². The second-order valence-corrected chi connectivity index (χ2v) is 7.94. The van der Waals surface area contributed by atoms with Gasteiger partial charge in [-0.15, -0.1) is 0 Å². The highest BCUT2D eigenvalue weighted by atomic mass is 35.5. The number of amides is 3. The first-order valence-corrected chi connectivity index (χ1v) is 9.90. The highest BCUT2D eigenvalue weighted by molar-refractivity contribution is 6.42. The van der Waals surface area contributed by atoms with Gasteiger partial charge in [0, 0.05) is 5.69 Å². The number of imide groups is 1. The number of anilines is 2. The maximum Gasteiger partial charge on any atom is 0.263 e. The van der Waals surface area contributed by atoms with Gasteiger partial charge in [-0.1, -0.05) is 46.6 Å². The number of nitrogens with one attached hydrogen (secondary N) is 1. The number of nitrogens with zero attached hydrogens (tertiary/aromatic N) is 4. The lowest BCUT2D eigenvalue weighted by atomic mass is 10.1. The predicted molar refractivity (Wildman–Crippen MR) is 113 cm³/mol. The molecule has 0 spiro atoms. The lowest BCUT2D eigenvalue weighted by Crippen LogP contribution is -2.43. The maximum absolute atomic E-state index is 13.1. The number of hydrogen-bond acceptors (Lipinski definition) is 6. The minimum Gasteiger partial charge on any atom is -0.324 e. The Morgan fingerprint density at radius 1 is 1.07 bits per heavy atom. The van der Waals surface area contributed by atoms with Crippen LogP contribution in [0.5, 0.6) is 0 Å². The van der Waals surface area contributed by atoms with Gasteiger partial charge in [0.2, 0.25) is 5.91 Å². The summed E-state index contributed by atoms with van der Waals surface area (Å²) < 4.78 is 0. The molecule has 2 heterocycles. The Kier molecular flexibility index (Phi) is 5.21. The minimum atomic E-state index is -0.964. The molecular weight excluding hydrogens is 429 g/mol. The Morgan fingerprint density at radius 2 is 1.77 bits per heavy atom. The SMILES string of the molecule is Cc1cccc(C)c1N1C(=O)[C@H]2N=NN(CC(=O)Nc3ccc(Cl)c(Cl)c3)[C@H]2C1=O. The van der Waals surface area contributed by atoms with Crippen molar-refractivity contribution in [2.75, 3.05) is 16.8 Å². The zero-order chi connectivity index (χ0) is 21.6. The smallest absolute Gasteiger partial charge is 0.263 e. The van der Waals surface area contributed by atoms with Crippen molar-refractivity contribution < 1.29 is 14.4 Å². The summed E-state index contributed by atoms with van der Waals surface area (Å²) in [6.07, 6.45) is 0. The summed E-state index contributed by atoms with van der Waals surface area (Å²) in [5.41, 5.74) is 2.61. The number of hydrogen-bond donors (Lipinski definition) is 1. The first-order chi connectivity index (χ1) is 14.3. The van der Waals surface area contributed by atoms with E-state index in [2.05, 4.69) is 15.7 Å². The van der Waals surface area contributed by atoms with E-state index in [0.717, 1.165) is 16.0 Å². The normalized spacial score (nSPS) is 20.1. The Labute approximate surface area is 182 Å². The first kappa shape index (κ1) is 20.3. The van der Waals surface area contributed by atoms with Crippen LogP contribution in [0.2, 0.25) is 10.0 Å². The van der Waals surface area contributed by atoms with Gasteiger partial charge < -0.3 is 5.32 Å². The van der Waals surface area contributed by atoms with Crippen LogP contribution in [0.3, 0.4) is 0 Å². The van der Waals surface area contributed by atoms with E-state index in [9.17, 15) is 14.4 Å². The maximum atomic E-state index is 13.1. The average Bonchev–Trinajstić information content (AvgIpc) is 3.20. The molecule has 1 fully saturated rings. The van der Waals surface area contributed by atoms with Crippen molar-refractivity contribution in [1.82, 2.24) is 5.01 Å². The monoisotopic (exact) mass is 445 g/mol. The standard InChI is InChI=1S/C20H17Cl2N5O3/c1-10-4-3-5-11(2)17(10)27-19(29)16-18(20(27)30)26(25-24-16)9-15(28)23-12-6-7-13(21)14(22)8-12/h3-8,16,18H,9H2,1-2H3,(H,23,28)/t16-,18+/m0/s1. The van der Waals surface area contributed by atoms with E-state index in [0.29, 0.717) is 21.4 Å². The molecule has 1 N–H and O–H groups in total. The summed E-state index contributed by atoms with van der Waals surface area (Å²) in [5, 5.41) is 12.4. The van der Waals surface area contributed by atoms with Gasteiger partial charge in [-0.25, -0.2) is 4.90 Å². The minimum absolute atomic E-state index is 0.246. The molecule has 2 aliphatic heterocycles. The number of benzene rings is 2. The van der Waals surface area contributed by atoms with Crippen LogP contribution in [0.15, 0.2) is 46.7 Å². The second-order valence-electron chi connectivity index (χ2n) is 7.12. The molecule has 10 heteroatoms. The molecule has 0 aliphatic carbocycles. The van der Waals surface area contributed by atoms with E-state index >= 15 is 0 Å². The summed E-state index contributed by atoms with van der Waals surface area (Å²) in [7, 11) is 0. The summed E-state index contributed by atoms with van der Waals surface area (Å²) in [6.45, 7) is 3.42. The van der Waals surface area contributed by atoms with E-state index in [1.807, 2.05) is 32.0 Å². The van der Waals surface area contributed by atoms with Crippen LogP contribution in [-0.4, -0.2) is 41.4 Å². The average molecular weight is 446 g/mol. The van der Waals surface area contributed by atoms with Crippen LogP contribution in [-0.2, 0) is 14.4 Å². The second kappa shape index (κ2) is 7.70. The molecule has 2 atom stereocenters. The fraction of sp³-hybridized carbons (Fsp3) is 0.250. The van der Waals surface area contributed by atoms with Gasteiger partial charge in [-0.2, -0.15) is 5.11 Å². The quantitative estimate of drug-likeness (QED) is 0.727. The molecule has 8 nitrogen and oxygen atoms in total. The zero-order valence-electron chi connectivity index (χ0n) is 16.1. The Morgan fingerprint density at radius 3 is 2.43 bits per heavy atom. The van der Waals surface area contributed by atoms with Crippen molar-refractivity contribution in [1.29, 1.82) is 0 Å². The molecule has 1 saturated heterocycles. The van der Waals surface area contributed by atoms with Gasteiger partial charge in [0.1, 0.15) is 6.54 Å². The fourth-order valence-electron chi connectivity index (χ4n) is 3.65. The number of carbonyl (C=O) groups is 3. The van der Waals surface area contributed by atoms with Crippen molar-refractivity contribution in [3.8, 4) is 0 Å². The Bertz CT molecular complexity index is 1080. The summed E-state index contributed by atoms with van der Waals surface area (Å²) in [5.74, 6) is -1.33. The van der Waals surface area contributed by atoms with Gasteiger partial charge in [0.15, 0.2) is 12.1 Å². The van der Waals surface area contributed by atoms with Crippen LogP contribution in [0.4, 0.5) is 11.4 Å². The third-order valence-electron chi connectivity index (χ3n) is 5.03. The van der Waals surface area contributed by atoms with Crippen LogP contribution in [0.25, 0.3) is 0 Å². The number of halogens is 2. The van der Waals surface area contributed by atoms with E-state index in [4.69, 9.17) is 23.2 Å². The Hall–Kier alpha value is -2.97. The van der Waals surface area contributed by atoms with Gasteiger partial charge in [-0.05, 0) is 43.2 Å². The van der Waals surface area contributed by atoms with E-state index in [1.165, 1.54) is 11.1 Å². The largest absolute Gasteiger partial charge is 0.324 e. The molecule has 0 aromatic heterocycles. The van der Waals surface area contributed by atoms with Crippen LogP contribution >= 0.6 is 23.2 Å². The molecule has 2 aromatic carbocycles. The van der Waals surface area contributed by atoms with Crippen LogP contribution < -0.4 is 10.2 Å². The number of para-hydroxylation sites is 1. The van der Waals surface area contributed by atoms with Crippen LogP contribution in [0.1, 0.15) is 11.1 Å². The molecule has 154 valence electrons.